The Labute approximate surface area is 109 Å². The Morgan fingerprint density at radius 3 is 2.67 bits per heavy atom. The molecule has 0 radical (unpaired) electrons. The third kappa shape index (κ3) is 3.01. The maximum Gasteiger partial charge on any atom is 0.252 e. The largest absolute Gasteiger partial charge is 0.398 e. The lowest BCUT2D eigenvalue weighted by atomic mass is 10.1. The first kappa shape index (κ1) is 12.4. The van der Waals surface area contributed by atoms with Crippen molar-refractivity contribution >= 4 is 23.1 Å². The molecule has 0 fully saturated rings. The fraction of sp³-hybridized carbons (Fsp3) is 0.167. The van der Waals surface area contributed by atoms with E-state index < -0.39 is 0 Å². The Morgan fingerprint density at radius 1 is 1.22 bits per heavy atom. The van der Waals surface area contributed by atoms with Gasteiger partial charge in [-0.2, -0.15) is 0 Å². The number of nitrogen functional groups attached to an aromatic ring is 2. The van der Waals surface area contributed by atoms with Gasteiger partial charge in [0.1, 0.15) is 11.6 Å². The first-order valence-corrected chi connectivity index (χ1v) is 5.82. The van der Waals surface area contributed by atoms with Crippen molar-refractivity contribution in [2.24, 2.45) is 0 Å². The molecule has 5 nitrogen and oxygen atoms in total. The monoisotopic (exact) mass is 264 g/mol. The average Bonchev–Trinajstić information content (AvgIpc) is 2.29. The fourth-order valence-electron chi connectivity index (χ4n) is 1.66. The highest BCUT2D eigenvalue weighted by molar-refractivity contribution is 6.33. The number of aromatic nitrogens is 2. The molecule has 2 aromatic rings. The standard InChI is InChI=1S/C12H13ClN4O/c13-8-3-1-7(5-9(8)14)2-4-11-16-10(15)6-12(18)17-11/h1,3,5-6H,2,4,14H2,(H3,15,16,17,18). The zero-order chi connectivity index (χ0) is 13.1. The number of hydrogen-bond donors (Lipinski definition) is 3. The Balaban J connectivity index is 2.11. The second-order valence-corrected chi connectivity index (χ2v) is 4.38. The van der Waals surface area contributed by atoms with Gasteiger partial charge >= 0.3 is 0 Å². The quantitative estimate of drug-likeness (QED) is 0.729. The third-order valence-electron chi connectivity index (χ3n) is 2.52. The molecule has 0 bridgehead atoms. The van der Waals surface area contributed by atoms with Gasteiger partial charge in [0.2, 0.25) is 0 Å². The smallest absolute Gasteiger partial charge is 0.252 e. The molecular formula is C12H13ClN4O. The van der Waals surface area contributed by atoms with Crippen LogP contribution in [0.15, 0.2) is 29.1 Å². The number of nitrogens with two attached hydrogens (primary N) is 2. The van der Waals surface area contributed by atoms with Crippen LogP contribution < -0.4 is 17.0 Å². The molecule has 2 rings (SSSR count). The van der Waals surface area contributed by atoms with Gasteiger partial charge in [0.05, 0.1) is 10.7 Å². The average molecular weight is 265 g/mol. The summed E-state index contributed by atoms with van der Waals surface area (Å²) in [4.78, 5) is 17.9. The number of benzene rings is 1. The summed E-state index contributed by atoms with van der Waals surface area (Å²) in [5.41, 5.74) is 12.5. The van der Waals surface area contributed by atoms with E-state index in [0.717, 1.165) is 5.56 Å². The molecule has 0 saturated heterocycles. The first-order valence-electron chi connectivity index (χ1n) is 5.44. The summed E-state index contributed by atoms with van der Waals surface area (Å²) in [6.07, 6.45) is 1.29. The molecule has 6 heteroatoms. The number of H-pyrrole nitrogens is 1. The van der Waals surface area contributed by atoms with Crippen LogP contribution in [0, 0.1) is 0 Å². The predicted octanol–water partition coefficient (Wildman–Crippen LogP) is 1.37. The lowest BCUT2D eigenvalue weighted by molar-refractivity contribution is 0.851. The topological polar surface area (TPSA) is 97.8 Å². The van der Waals surface area contributed by atoms with Gasteiger partial charge < -0.3 is 16.5 Å². The van der Waals surface area contributed by atoms with Gasteiger partial charge in [-0.1, -0.05) is 17.7 Å². The Hall–Kier alpha value is -2.01. The summed E-state index contributed by atoms with van der Waals surface area (Å²) in [6.45, 7) is 0. The highest BCUT2D eigenvalue weighted by Gasteiger charge is 2.02. The molecule has 1 aromatic heterocycles. The summed E-state index contributed by atoms with van der Waals surface area (Å²) < 4.78 is 0. The molecule has 0 aliphatic heterocycles. The van der Waals surface area contributed by atoms with Crippen LogP contribution in [0.5, 0.6) is 0 Å². The van der Waals surface area contributed by atoms with Crippen molar-refractivity contribution in [3.63, 3.8) is 0 Å². The summed E-state index contributed by atoms with van der Waals surface area (Å²) >= 11 is 5.84. The van der Waals surface area contributed by atoms with Gasteiger partial charge in [-0.25, -0.2) is 4.98 Å². The van der Waals surface area contributed by atoms with Crippen LogP contribution in [0.4, 0.5) is 11.5 Å². The molecule has 0 spiro atoms. The van der Waals surface area contributed by atoms with Crippen molar-refractivity contribution in [3.8, 4) is 0 Å². The zero-order valence-corrected chi connectivity index (χ0v) is 10.4. The molecule has 1 heterocycles. The molecule has 0 aliphatic rings. The van der Waals surface area contributed by atoms with Crippen LogP contribution in [-0.2, 0) is 12.8 Å². The summed E-state index contributed by atoms with van der Waals surface area (Å²) in [7, 11) is 0. The first-order chi connectivity index (χ1) is 8.54. The maximum absolute atomic E-state index is 11.2. The minimum Gasteiger partial charge on any atom is -0.398 e. The van der Waals surface area contributed by atoms with Crippen LogP contribution in [-0.4, -0.2) is 9.97 Å². The van der Waals surface area contributed by atoms with Gasteiger partial charge in [-0.15, -0.1) is 0 Å². The lowest BCUT2D eigenvalue weighted by Gasteiger charge is -2.04. The highest BCUT2D eigenvalue weighted by Crippen LogP contribution is 2.20. The minimum absolute atomic E-state index is 0.226. The zero-order valence-electron chi connectivity index (χ0n) is 9.61. The lowest BCUT2D eigenvalue weighted by Crippen LogP contribution is -2.13. The van der Waals surface area contributed by atoms with Gasteiger partial charge in [0.15, 0.2) is 0 Å². The van der Waals surface area contributed by atoms with Crippen molar-refractivity contribution in [2.45, 2.75) is 12.8 Å². The van der Waals surface area contributed by atoms with Crippen LogP contribution in [0.25, 0.3) is 0 Å². The molecular weight excluding hydrogens is 252 g/mol. The Kier molecular flexibility index (Phi) is 3.53. The molecule has 5 N–H and O–H groups in total. The van der Waals surface area contributed by atoms with E-state index in [1.807, 2.05) is 12.1 Å². The number of halogens is 1. The number of aromatic amines is 1. The van der Waals surface area contributed by atoms with Gasteiger partial charge in [-0.05, 0) is 24.1 Å². The van der Waals surface area contributed by atoms with Crippen LogP contribution in [0.2, 0.25) is 5.02 Å². The molecule has 0 aliphatic carbocycles. The number of aryl methyl sites for hydroxylation is 2. The molecule has 0 saturated carbocycles. The van der Waals surface area contributed by atoms with Crippen molar-refractivity contribution in [3.05, 3.63) is 51.0 Å². The molecule has 0 unspecified atom stereocenters. The number of hydrogen-bond acceptors (Lipinski definition) is 4. The number of anilines is 2. The Morgan fingerprint density at radius 2 is 2.00 bits per heavy atom. The fourth-order valence-corrected chi connectivity index (χ4v) is 1.78. The third-order valence-corrected chi connectivity index (χ3v) is 2.87. The van der Waals surface area contributed by atoms with E-state index in [0.29, 0.717) is 29.4 Å². The second-order valence-electron chi connectivity index (χ2n) is 3.97. The molecule has 0 amide bonds. The van der Waals surface area contributed by atoms with E-state index in [4.69, 9.17) is 23.1 Å². The van der Waals surface area contributed by atoms with E-state index in [1.165, 1.54) is 6.07 Å². The summed E-state index contributed by atoms with van der Waals surface area (Å²) in [5.74, 6) is 0.790. The normalized spacial score (nSPS) is 10.5. The van der Waals surface area contributed by atoms with Crippen molar-refractivity contribution < 1.29 is 0 Å². The number of rotatable bonds is 3. The van der Waals surface area contributed by atoms with Gasteiger partial charge in [-0.3, -0.25) is 4.79 Å². The number of nitrogens with one attached hydrogen (secondary N) is 1. The predicted molar refractivity (Wildman–Crippen MR) is 72.5 cm³/mol. The van der Waals surface area contributed by atoms with E-state index in [9.17, 15) is 4.79 Å². The van der Waals surface area contributed by atoms with E-state index in [2.05, 4.69) is 9.97 Å². The van der Waals surface area contributed by atoms with E-state index in [1.54, 1.807) is 6.07 Å². The second kappa shape index (κ2) is 5.10. The van der Waals surface area contributed by atoms with Gasteiger partial charge in [0, 0.05) is 12.5 Å². The summed E-state index contributed by atoms with van der Waals surface area (Å²) in [6, 6.07) is 6.71. The van der Waals surface area contributed by atoms with Crippen molar-refractivity contribution in [1.29, 1.82) is 0 Å². The van der Waals surface area contributed by atoms with E-state index >= 15 is 0 Å². The van der Waals surface area contributed by atoms with Crippen LogP contribution >= 0.6 is 11.6 Å². The molecule has 1 aromatic carbocycles. The van der Waals surface area contributed by atoms with Crippen LogP contribution in [0.3, 0.4) is 0 Å². The minimum atomic E-state index is -0.242. The molecule has 0 atom stereocenters. The maximum atomic E-state index is 11.2. The molecule has 94 valence electrons. The van der Waals surface area contributed by atoms with Crippen molar-refractivity contribution in [2.75, 3.05) is 11.5 Å². The van der Waals surface area contributed by atoms with Gasteiger partial charge in [0.25, 0.3) is 5.56 Å². The number of nitrogens with zero attached hydrogens (tertiary/aromatic N) is 1. The van der Waals surface area contributed by atoms with Crippen molar-refractivity contribution in [1.82, 2.24) is 9.97 Å². The highest BCUT2D eigenvalue weighted by atomic mass is 35.5. The Bertz CT molecular complexity index is 624. The molecule has 18 heavy (non-hydrogen) atoms. The summed E-state index contributed by atoms with van der Waals surface area (Å²) in [5, 5.41) is 0.536. The van der Waals surface area contributed by atoms with E-state index in [-0.39, 0.29) is 11.4 Å². The van der Waals surface area contributed by atoms with Crippen LogP contribution in [0.1, 0.15) is 11.4 Å². The SMILES string of the molecule is Nc1cc(=O)[nH]c(CCc2ccc(Cl)c(N)c2)n1.